The number of nitrogens with zero attached hydrogens (tertiary/aromatic N) is 3. The number of carbonyl (C=O) groups is 3. The van der Waals surface area contributed by atoms with Crippen LogP contribution in [0, 0.1) is 18.3 Å². The van der Waals surface area contributed by atoms with Crippen LogP contribution in [0.3, 0.4) is 0 Å². The summed E-state index contributed by atoms with van der Waals surface area (Å²) in [7, 11) is 0. The van der Waals surface area contributed by atoms with E-state index in [1.807, 2.05) is 42.2 Å². The molecule has 34 heavy (non-hydrogen) atoms. The number of nitrogens with one attached hydrogen (secondary N) is 1. The molecule has 3 rings (SSSR count). The standard InChI is InChI=1S/C26H31N5O3/c1-3-24(32)29-12-15-31(26(28)34)23-16-22(7-4-18(23)2)25(33)30-13-10-21(11-14-30)20-8-5-19(17-27)6-9-20/h4-9,16,21H,3,10-15H2,1-2H3,(H2,28,34)(H,29,32). The van der Waals surface area contributed by atoms with Gasteiger partial charge in [0, 0.05) is 43.9 Å². The number of hydrogen-bond donors (Lipinski definition) is 2. The number of amides is 4. The Morgan fingerprint density at radius 3 is 2.41 bits per heavy atom. The van der Waals surface area contributed by atoms with Crippen LogP contribution in [-0.4, -0.2) is 48.9 Å². The molecule has 0 aliphatic carbocycles. The molecule has 0 unspecified atom stereocenters. The Bertz CT molecular complexity index is 1080. The van der Waals surface area contributed by atoms with Crippen molar-refractivity contribution in [3.05, 3.63) is 64.7 Å². The van der Waals surface area contributed by atoms with Crippen LogP contribution in [0.1, 0.15) is 59.2 Å². The van der Waals surface area contributed by atoms with Gasteiger partial charge in [0.25, 0.3) is 5.91 Å². The van der Waals surface area contributed by atoms with Crippen molar-refractivity contribution >= 4 is 23.5 Å². The quantitative estimate of drug-likeness (QED) is 0.657. The highest BCUT2D eigenvalue weighted by atomic mass is 16.2. The van der Waals surface area contributed by atoms with Crippen LogP contribution in [-0.2, 0) is 4.79 Å². The van der Waals surface area contributed by atoms with Crippen LogP contribution in [0.5, 0.6) is 0 Å². The van der Waals surface area contributed by atoms with E-state index >= 15 is 0 Å². The molecule has 1 aliphatic rings. The van der Waals surface area contributed by atoms with Crippen molar-refractivity contribution < 1.29 is 14.4 Å². The number of hydrogen-bond acceptors (Lipinski definition) is 4. The van der Waals surface area contributed by atoms with Gasteiger partial charge in [-0.15, -0.1) is 0 Å². The first-order chi connectivity index (χ1) is 16.3. The minimum absolute atomic E-state index is 0.0803. The lowest BCUT2D eigenvalue weighted by atomic mass is 9.89. The molecule has 0 saturated carbocycles. The smallest absolute Gasteiger partial charge is 0.319 e. The van der Waals surface area contributed by atoms with Crippen molar-refractivity contribution in [2.75, 3.05) is 31.1 Å². The van der Waals surface area contributed by atoms with Gasteiger partial charge in [-0.05, 0) is 61.1 Å². The Labute approximate surface area is 200 Å². The van der Waals surface area contributed by atoms with Crippen LogP contribution in [0.25, 0.3) is 0 Å². The number of anilines is 1. The minimum atomic E-state index is -0.637. The van der Waals surface area contributed by atoms with Gasteiger partial charge in [0.2, 0.25) is 5.91 Å². The average Bonchev–Trinajstić information content (AvgIpc) is 2.86. The molecular weight excluding hydrogens is 430 g/mol. The minimum Gasteiger partial charge on any atom is -0.354 e. The second kappa shape index (κ2) is 11.3. The Balaban J connectivity index is 1.68. The maximum absolute atomic E-state index is 13.2. The fourth-order valence-electron chi connectivity index (χ4n) is 4.24. The summed E-state index contributed by atoms with van der Waals surface area (Å²) in [6.45, 7) is 5.37. The predicted molar refractivity (Wildman–Crippen MR) is 130 cm³/mol. The van der Waals surface area contributed by atoms with Crippen molar-refractivity contribution in [2.45, 2.75) is 39.0 Å². The average molecular weight is 462 g/mol. The van der Waals surface area contributed by atoms with Crippen LogP contribution in [0.2, 0.25) is 0 Å². The lowest BCUT2D eigenvalue weighted by Crippen LogP contribution is -2.42. The van der Waals surface area contributed by atoms with Crippen LogP contribution in [0.15, 0.2) is 42.5 Å². The number of carbonyl (C=O) groups excluding carboxylic acids is 3. The molecule has 1 heterocycles. The number of primary amides is 1. The summed E-state index contributed by atoms with van der Waals surface area (Å²) in [5.74, 6) is 0.173. The van der Waals surface area contributed by atoms with Gasteiger partial charge in [0.05, 0.1) is 11.6 Å². The van der Waals surface area contributed by atoms with Gasteiger partial charge in [0.15, 0.2) is 0 Å². The van der Waals surface area contributed by atoms with Crippen molar-refractivity contribution in [1.82, 2.24) is 10.2 Å². The van der Waals surface area contributed by atoms with E-state index in [1.165, 1.54) is 10.5 Å². The third-order valence-electron chi connectivity index (χ3n) is 6.28. The first-order valence-corrected chi connectivity index (χ1v) is 11.6. The zero-order chi connectivity index (χ0) is 24.7. The highest BCUT2D eigenvalue weighted by molar-refractivity contribution is 5.98. The summed E-state index contributed by atoms with van der Waals surface area (Å²) in [4.78, 5) is 40.1. The summed E-state index contributed by atoms with van der Waals surface area (Å²) in [6.07, 6.45) is 2.06. The van der Waals surface area contributed by atoms with Crippen molar-refractivity contribution in [1.29, 1.82) is 5.26 Å². The Kier molecular flexibility index (Phi) is 8.25. The SMILES string of the molecule is CCC(=O)NCCN(C(N)=O)c1cc(C(=O)N2CCC(c3ccc(C#N)cc3)CC2)ccc1C. The summed E-state index contributed by atoms with van der Waals surface area (Å²) in [6, 6.07) is 14.4. The molecule has 2 aromatic rings. The van der Waals surface area contributed by atoms with Crippen LogP contribution in [0.4, 0.5) is 10.5 Å². The Morgan fingerprint density at radius 2 is 1.82 bits per heavy atom. The van der Waals surface area contributed by atoms with E-state index in [9.17, 15) is 14.4 Å². The van der Waals surface area contributed by atoms with E-state index in [2.05, 4.69) is 11.4 Å². The van der Waals surface area contributed by atoms with Gasteiger partial charge in [-0.1, -0.05) is 25.1 Å². The van der Waals surface area contributed by atoms with E-state index in [-0.39, 0.29) is 24.9 Å². The first-order valence-electron chi connectivity index (χ1n) is 11.6. The molecular formula is C26H31N5O3. The van der Waals surface area contributed by atoms with Gasteiger partial charge in [-0.2, -0.15) is 5.26 Å². The zero-order valence-electron chi connectivity index (χ0n) is 19.7. The second-order valence-corrected chi connectivity index (χ2v) is 8.49. The monoisotopic (exact) mass is 461 g/mol. The molecule has 178 valence electrons. The van der Waals surface area contributed by atoms with Crippen LogP contribution >= 0.6 is 0 Å². The lowest BCUT2D eigenvalue weighted by Gasteiger charge is -2.32. The fourth-order valence-corrected chi connectivity index (χ4v) is 4.24. The van der Waals surface area contributed by atoms with E-state index < -0.39 is 6.03 Å². The molecule has 3 N–H and O–H groups in total. The molecule has 1 aliphatic heterocycles. The van der Waals surface area contributed by atoms with Crippen molar-refractivity contribution in [3.8, 4) is 6.07 Å². The number of piperidine rings is 1. The molecule has 0 bridgehead atoms. The molecule has 1 fully saturated rings. The number of benzene rings is 2. The first kappa shape index (κ1) is 24.8. The van der Waals surface area contributed by atoms with Gasteiger partial charge < -0.3 is 16.0 Å². The number of urea groups is 1. The number of nitrogens with two attached hydrogens (primary N) is 1. The largest absolute Gasteiger partial charge is 0.354 e. The summed E-state index contributed by atoms with van der Waals surface area (Å²) in [5.41, 5.74) is 9.32. The van der Waals surface area contributed by atoms with Gasteiger partial charge in [-0.3, -0.25) is 14.5 Å². The maximum Gasteiger partial charge on any atom is 0.319 e. The van der Waals surface area contributed by atoms with Gasteiger partial charge in [-0.25, -0.2) is 4.79 Å². The fraction of sp³-hybridized carbons (Fsp3) is 0.385. The third kappa shape index (κ3) is 5.93. The predicted octanol–water partition coefficient (Wildman–Crippen LogP) is 3.30. The molecule has 0 atom stereocenters. The molecule has 4 amide bonds. The topological polar surface area (TPSA) is 120 Å². The molecule has 1 saturated heterocycles. The summed E-state index contributed by atoms with van der Waals surface area (Å²) < 4.78 is 0. The molecule has 0 spiro atoms. The number of rotatable bonds is 7. The maximum atomic E-state index is 13.2. The molecule has 8 heteroatoms. The van der Waals surface area contributed by atoms with E-state index in [1.54, 1.807) is 19.1 Å². The molecule has 0 radical (unpaired) electrons. The highest BCUT2D eigenvalue weighted by Gasteiger charge is 2.26. The molecule has 0 aromatic heterocycles. The number of likely N-dealkylation sites (tertiary alicyclic amines) is 1. The van der Waals surface area contributed by atoms with E-state index in [0.29, 0.717) is 42.2 Å². The summed E-state index contributed by atoms with van der Waals surface area (Å²) >= 11 is 0. The molecule has 2 aromatic carbocycles. The van der Waals surface area contributed by atoms with E-state index in [0.717, 1.165) is 18.4 Å². The normalized spacial score (nSPS) is 13.7. The van der Waals surface area contributed by atoms with Gasteiger partial charge >= 0.3 is 6.03 Å². The second-order valence-electron chi connectivity index (χ2n) is 8.49. The van der Waals surface area contributed by atoms with Crippen LogP contribution < -0.4 is 16.0 Å². The highest BCUT2D eigenvalue weighted by Crippen LogP contribution is 2.30. The number of aryl methyl sites for hydroxylation is 1. The number of nitriles is 1. The Hall–Kier alpha value is -3.86. The van der Waals surface area contributed by atoms with E-state index in [4.69, 9.17) is 11.0 Å². The molecule has 8 nitrogen and oxygen atoms in total. The third-order valence-corrected chi connectivity index (χ3v) is 6.28. The Morgan fingerprint density at radius 1 is 1.15 bits per heavy atom. The lowest BCUT2D eigenvalue weighted by molar-refractivity contribution is -0.120. The zero-order valence-corrected chi connectivity index (χ0v) is 19.7. The van der Waals surface area contributed by atoms with Gasteiger partial charge in [0.1, 0.15) is 0 Å². The van der Waals surface area contributed by atoms with Crippen molar-refractivity contribution in [3.63, 3.8) is 0 Å². The summed E-state index contributed by atoms with van der Waals surface area (Å²) in [5, 5.41) is 11.7. The van der Waals surface area contributed by atoms with Crippen molar-refractivity contribution in [2.24, 2.45) is 5.73 Å².